The molecule has 4 nitrogen and oxygen atoms in total. The van der Waals surface area contributed by atoms with Crippen molar-refractivity contribution in [2.75, 3.05) is 0 Å². The molecule has 0 fully saturated rings. The third-order valence-corrected chi connectivity index (χ3v) is 6.12. The van der Waals surface area contributed by atoms with Crippen molar-refractivity contribution in [2.45, 2.75) is 20.0 Å². The second-order valence-electron chi connectivity index (χ2n) is 8.66. The fourth-order valence-electron chi connectivity index (χ4n) is 4.39. The molecule has 186 valence electrons. The van der Waals surface area contributed by atoms with Gasteiger partial charge in [0.1, 0.15) is 12.4 Å². The van der Waals surface area contributed by atoms with E-state index in [9.17, 15) is 9.90 Å². The Balaban J connectivity index is 1.52. The average Bonchev–Trinajstić information content (AvgIpc) is 3.30. The fraction of sp³-hybridized carbons (Fsp3) is 0.103. The first-order chi connectivity index (χ1) is 17.7. The topological polar surface area (TPSA) is 58.9 Å². The fourth-order valence-corrected chi connectivity index (χ4v) is 4.39. The molecule has 0 radical (unpaired) electrons. The highest BCUT2D eigenvalue weighted by molar-refractivity contribution is 6.09. The number of hydrogen-bond acceptors (Lipinski definition) is 3. The lowest BCUT2D eigenvalue weighted by Gasteiger charge is -2.14. The number of aliphatic imine (C=N–C) groups is 1. The van der Waals surface area contributed by atoms with Gasteiger partial charge in [0, 0.05) is 6.42 Å². The van der Waals surface area contributed by atoms with Crippen LogP contribution in [0.5, 0.6) is 5.75 Å². The van der Waals surface area contributed by atoms with E-state index in [4.69, 9.17) is 4.74 Å². The van der Waals surface area contributed by atoms with Gasteiger partial charge in [-0.3, -0.25) is 4.99 Å². The Morgan fingerprint density at radius 1 is 0.892 bits per heavy atom. The molecule has 0 aromatic heterocycles. The number of halogens is 4. The van der Waals surface area contributed by atoms with Crippen molar-refractivity contribution >= 4 is 17.4 Å². The summed E-state index contributed by atoms with van der Waals surface area (Å²) in [5.41, 5.74) is -0.454. The Hall–Kier alpha value is -4.46. The Kier molecular flexibility index (Phi) is 6.25. The number of carboxylic acid groups (broad SMARTS) is 1. The number of fused-ring (bicyclic) bond motifs is 1. The van der Waals surface area contributed by atoms with Gasteiger partial charge in [-0.05, 0) is 53.4 Å². The Labute approximate surface area is 209 Å². The minimum Gasteiger partial charge on any atom is -0.489 e. The van der Waals surface area contributed by atoms with Crippen LogP contribution in [-0.2, 0) is 13.0 Å². The molecule has 0 aliphatic carbocycles. The molecule has 4 aromatic carbocycles. The quantitative estimate of drug-likeness (QED) is 0.223. The summed E-state index contributed by atoms with van der Waals surface area (Å²) in [4.78, 5) is 15.7. The van der Waals surface area contributed by atoms with E-state index in [2.05, 4.69) is 4.99 Å². The summed E-state index contributed by atoms with van der Waals surface area (Å²) in [6.07, 6.45) is -0.286. The number of aromatic carboxylic acids is 1. The summed E-state index contributed by atoms with van der Waals surface area (Å²) < 4.78 is 66.7. The van der Waals surface area contributed by atoms with Crippen LogP contribution in [-0.4, -0.2) is 16.8 Å². The molecule has 1 N–H and O–H groups in total. The maximum Gasteiger partial charge on any atom is 0.336 e. The maximum absolute atomic E-state index is 15.3. The van der Waals surface area contributed by atoms with E-state index in [-0.39, 0.29) is 46.9 Å². The Bertz CT molecular complexity index is 1550. The van der Waals surface area contributed by atoms with Gasteiger partial charge in [0.2, 0.25) is 0 Å². The van der Waals surface area contributed by atoms with Gasteiger partial charge in [-0.1, -0.05) is 42.5 Å². The summed E-state index contributed by atoms with van der Waals surface area (Å²) in [6, 6.07) is 17.8. The van der Waals surface area contributed by atoms with Gasteiger partial charge in [0.05, 0.1) is 28.1 Å². The number of nitrogens with zero attached hydrogens (tertiary/aromatic N) is 1. The lowest BCUT2D eigenvalue weighted by atomic mass is 9.95. The van der Waals surface area contributed by atoms with E-state index in [1.807, 2.05) is 30.3 Å². The van der Waals surface area contributed by atoms with Crippen molar-refractivity contribution < 1.29 is 32.2 Å². The molecular formula is C29H19F4NO3. The molecule has 1 aliphatic heterocycles. The van der Waals surface area contributed by atoms with Gasteiger partial charge in [-0.2, -0.15) is 0 Å². The third-order valence-electron chi connectivity index (χ3n) is 6.12. The lowest BCUT2D eigenvalue weighted by Crippen LogP contribution is -2.14. The minimum atomic E-state index is -1.61. The SMILES string of the molecule is Cc1cc2c(c(C(=O)O)c1)CC(c1c(F)c(F)c(-c3cccc(OCc4ccccc4)c3)c(F)c1F)=N2. The number of ether oxygens (including phenoxy) is 1. The highest BCUT2D eigenvalue weighted by Crippen LogP contribution is 2.38. The molecule has 0 amide bonds. The van der Waals surface area contributed by atoms with Crippen LogP contribution in [0.4, 0.5) is 23.2 Å². The predicted molar refractivity (Wildman–Crippen MR) is 131 cm³/mol. The minimum absolute atomic E-state index is 0.0838. The number of aryl methyl sites for hydroxylation is 1. The largest absolute Gasteiger partial charge is 0.489 e. The number of benzene rings is 4. The summed E-state index contributed by atoms with van der Waals surface area (Å²) in [7, 11) is 0. The molecule has 37 heavy (non-hydrogen) atoms. The van der Waals surface area contributed by atoms with E-state index < -0.39 is 40.4 Å². The molecule has 4 aromatic rings. The van der Waals surface area contributed by atoms with Crippen molar-refractivity contribution in [3.8, 4) is 16.9 Å². The van der Waals surface area contributed by atoms with E-state index >= 15 is 17.6 Å². The van der Waals surface area contributed by atoms with E-state index in [0.29, 0.717) is 5.56 Å². The number of hydrogen-bond donors (Lipinski definition) is 1. The molecule has 0 saturated carbocycles. The highest BCUT2D eigenvalue weighted by Gasteiger charge is 2.32. The smallest absolute Gasteiger partial charge is 0.336 e. The third kappa shape index (κ3) is 4.46. The molecule has 0 bridgehead atoms. The molecule has 0 unspecified atom stereocenters. The lowest BCUT2D eigenvalue weighted by molar-refractivity contribution is 0.0696. The van der Waals surface area contributed by atoms with Gasteiger partial charge >= 0.3 is 5.97 Å². The van der Waals surface area contributed by atoms with Gasteiger partial charge in [0.25, 0.3) is 0 Å². The second kappa shape index (κ2) is 9.54. The maximum atomic E-state index is 15.3. The standard InChI is InChI=1S/C29H19F4NO3/c1-15-10-20(29(35)36)19-13-22(34-21(19)11-15)24-27(32)25(30)23(26(31)28(24)33)17-8-5-9-18(12-17)37-14-16-6-3-2-4-7-16/h2-12H,13-14H2,1H3,(H,35,36). The average molecular weight is 505 g/mol. The summed E-state index contributed by atoms with van der Waals surface area (Å²) in [5.74, 6) is -7.35. The molecule has 8 heteroatoms. The van der Waals surface area contributed by atoms with Crippen LogP contribution in [0, 0.1) is 30.2 Å². The zero-order valence-electron chi connectivity index (χ0n) is 19.5. The Morgan fingerprint density at radius 2 is 1.57 bits per heavy atom. The first-order valence-electron chi connectivity index (χ1n) is 11.3. The predicted octanol–water partition coefficient (Wildman–Crippen LogP) is 7.17. The number of carbonyl (C=O) groups is 1. The zero-order chi connectivity index (χ0) is 26.3. The monoisotopic (exact) mass is 505 g/mol. The first kappa shape index (κ1) is 24.2. The zero-order valence-corrected chi connectivity index (χ0v) is 19.5. The van der Waals surface area contributed by atoms with E-state index in [1.54, 1.807) is 19.1 Å². The Morgan fingerprint density at radius 3 is 2.24 bits per heavy atom. The van der Waals surface area contributed by atoms with E-state index in [1.165, 1.54) is 24.3 Å². The van der Waals surface area contributed by atoms with Crippen molar-refractivity contribution in [2.24, 2.45) is 4.99 Å². The van der Waals surface area contributed by atoms with Gasteiger partial charge in [-0.15, -0.1) is 0 Å². The highest BCUT2D eigenvalue weighted by atomic mass is 19.2. The van der Waals surface area contributed by atoms with Crippen LogP contribution in [0.2, 0.25) is 0 Å². The molecule has 0 spiro atoms. The number of carboxylic acids is 1. The summed E-state index contributed by atoms with van der Waals surface area (Å²) in [5, 5.41) is 9.49. The van der Waals surface area contributed by atoms with Gasteiger partial charge in [-0.25, -0.2) is 22.4 Å². The first-order valence-corrected chi connectivity index (χ1v) is 11.3. The van der Waals surface area contributed by atoms with Crippen molar-refractivity contribution in [3.63, 3.8) is 0 Å². The molecular weight excluding hydrogens is 486 g/mol. The van der Waals surface area contributed by atoms with Crippen LogP contribution in [0.15, 0.2) is 71.7 Å². The van der Waals surface area contributed by atoms with Crippen LogP contribution in [0.25, 0.3) is 11.1 Å². The molecule has 0 atom stereocenters. The molecule has 1 heterocycles. The van der Waals surface area contributed by atoms with Crippen LogP contribution in [0.1, 0.15) is 32.6 Å². The molecule has 0 saturated heterocycles. The van der Waals surface area contributed by atoms with Crippen LogP contribution >= 0.6 is 0 Å². The normalized spacial score (nSPS) is 12.3. The van der Waals surface area contributed by atoms with Crippen LogP contribution < -0.4 is 4.74 Å². The summed E-state index contributed by atoms with van der Waals surface area (Å²) >= 11 is 0. The summed E-state index contributed by atoms with van der Waals surface area (Å²) in [6.45, 7) is 1.84. The van der Waals surface area contributed by atoms with Crippen molar-refractivity contribution in [1.29, 1.82) is 0 Å². The van der Waals surface area contributed by atoms with Gasteiger partial charge in [0.15, 0.2) is 23.3 Å². The molecule has 5 rings (SSSR count). The van der Waals surface area contributed by atoms with Gasteiger partial charge < -0.3 is 9.84 Å². The molecule has 1 aliphatic rings. The second-order valence-corrected chi connectivity index (χ2v) is 8.66. The number of rotatable bonds is 6. The van der Waals surface area contributed by atoms with Crippen molar-refractivity contribution in [1.82, 2.24) is 0 Å². The van der Waals surface area contributed by atoms with Crippen molar-refractivity contribution in [3.05, 3.63) is 118 Å². The van der Waals surface area contributed by atoms with E-state index in [0.717, 1.165) is 5.56 Å². The van der Waals surface area contributed by atoms with Crippen LogP contribution in [0.3, 0.4) is 0 Å².